The topological polar surface area (TPSA) is 27.7 Å². The molecule has 3 nitrogen and oxygen atoms in total. The Hall–Kier alpha value is -1.42. The Labute approximate surface area is 161 Å². The average Bonchev–Trinajstić information content (AvgIpc) is 2.51. The van der Waals surface area contributed by atoms with Gasteiger partial charge in [-0.3, -0.25) is 0 Å². The molecular formula is C22H38O3Si. The molecule has 0 saturated carbocycles. The smallest absolute Gasteiger partial charge is 0.302 e. The van der Waals surface area contributed by atoms with Crippen molar-refractivity contribution >= 4 is 8.32 Å². The van der Waals surface area contributed by atoms with Crippen molar-refractivity contribution in [3.8, 4) is 0 Å². The van der Waals surface area contributed by atoms with E-state index in [-0.39, 0.29) is 11.1 Å². The van der Waals surface area contributed by atoms with Crippen LogP contribution in [0.25, 0.3) is 0 Å². The molecule has 0 unspecified atom stereocenters. The van der Waals surface area contributed by atoms with Gasteiger partial charge in [0.05, 0.1) is 0 Å². The first kappa shape index (κ1) is 22.6. The lowest BCUT2D eigenvalue weighted by Crippen LogP contribution is -2.41. The second-order valence-corrected chi connectivity index (χ2v) is 13.9. The van der Waals surface area contributed by atoms with E-state index in [1.807, 2.05) is 30.3 Å². The highest BCUT2D eigenvalue weighted by atomic mass is 28.4. The molecule has 4 heteroatoms. The Kier molecular flexibility index (Phi) is 8.26. The number of hydrogen-bond acceptors (Lipinski definition) is 3. The van der Waals surface area contributed by atoms with E-state index in [1.165, 1.54) is 0 Å². The van der Waals surface area contributed by atoms with Crippen LogP contribution < -0.4 is 0 Å². The van der Waals surface area contributed by atoms with Gasteiger partial charge in [0.2, 0.25) is 0 Å². The normalized spacial score (nSPS) is 13.5. The summed E-state index contributed by atoms with van der Waals surface area (Å²) in [5.41, 5.74) is 1.12. The van der Waals surface area contributed by atoms with Gasteiger partial charge in [-0.1, -0.05) is 78.8 Å². The van der Waals surface area contributed by atoms with Gasteiger partial charge in [-0.05, 0) is 35.5 Å². The molecule has 0 bridgehead atoms. The van der Waals surface area contributed by atoms with Crippen molar-refractivity contribution in [1.82, 2.24) is 0 Å². The summed E-state index contributed by atoms with van der Waals surface area (Å²) >= 11 is 0. The molecule has 1 aromatic carbocycles. The third-order valence-corrected chi connectivity index (χ3v) is 9.32. The molecule has 0 N–H and O–H groups in total. The van der Waals surface area contributed by atoms with Crippen LogP contribution in [0.2, 0.25) is 18.1 Å². The third-order valence-electron chi connectivity index (χ3n) is 5.00. The molecule has 0 aliphatic heterocycles. The van der Waals surface area contributed by atoms with Crippen LogP contribution in [0.4, 0.5) is 0 Å². The summed E-state index contributed by atoms with van der Waals surface area (Å²) < 4.78 is 18.5. The molecule has 26 heavy (non-hydrogen) atoms. The summed E-state index contributed by atoms with van der Waals surface area (Å²) in [5, 5.41) is 0.0973. The number of rotatable bonds is 9. The van der Waals surface area contributed by atoms with Crippen LogP contribution in [-0.4, -0.2) is 14.4 Å². The maximum Gasteiger partial charge on any atom is 0.302 e. The lowest BCUT2D eigenvalue weighted by Gasteiger charge is -2.38. The number of hydrogen-bond donors (Lipinski definition) is 0. The standard InChI is InChI=1S/C22H38O3Si/c1-17(2)21(18(3)4)24-20(25-26(8,9)22(5,6)7)16-23-15-19-13-11-10-12-14-19/h10-14,16-18,21H,15H2,1-9H3/b20-16-. The molecule has 0 fully saturated rings. The van der Waals surface area contributed by atoms with Crippen molar-refractivity contribution in [2.45, 2.75) is 79.3 Å². The van der Waals surface area contributed by atoms with E-state index in [1.54, 1.807) is 6.26 Å². The fraction of sp³-hybridized carbons (Fsp3) is 0.636. The molecule has 1 aromatic rings. The monoisotopic (exact) mass is 378 g/mol. The van der Waals surface area contributed by atoms with Crippen molar-refractivity contribution in [3.05, 3.63) is 48.1 Å². The summed E-state index contributed by atoms with van der Waals surface area (Å²) in [6.45, 7) is 20.3. The molecule has 0 atom stereocenters. The van der Waals surface area contributed by atoms with Crippen LogP contribution in [0, 0.1) is 11.8 Å². The summed E-state index contributed by atoms with van der Waals surface area (Å²) in [7, 11) is -2.01. The van der Waals surface area contributed by atoms with Gasteiger partial charge in [-0.25, -0.2) is 0 Å². The largest absolute Gasteiger partial charge is 0.517 e. The van der Waals surface area contributed by atoms with Crippen molar-refractivity contribution in [2.75, 3.05) is 0 Å². The van der Waals surface area contributed by atoms with E-state index in [0.29, 0.717) is 24.4 Å². The lowest BCUT2D eigenvalue weighted by molar-refractivity contribution is -0.0225. The van der Waals surface area contributed by atoms with Gasteiger partial charge in [0.1, 0.15) is 12.7 Å². The molecule has 0 heterocycles. The molecule has 0 aliphatic carbocycles. The first-order valence-electron chi connectivity index (χ1n) is 9.65. The number of ether oxygens (including phenoxy) is 2. The van der Waals surface area contributed by atoms with E-state index in [0.717, 1.165) is 5.56 Å². The van der Waals surface area contributed by atoms with Crippen LogP contribution >= 0.6 is 0 Å². The van der Waals surface area contributed by atoms with Gasteiger partial charge in [0.25, 0.3) is 8.32 Å². The van der Waals surface area contributed by atoms with Gasteiger partial charge in [-0.2, -0.15) is 0 Å². The minimum atomic E-state index is -2.01. The molecule has 1 rings (SSSR count). The van der Waals surface area contributed by atoms with Crippen LogP contribution in [0.1, 0.15) is 54.0 Å². The second-order valence-electron chi connectivity index (χ2n) is 9.17. The Morgan fingerprint density at radius 1 is 1.00 bits per heavy atom. The zero-order valence-corrected chi connectivity index (χ0v) is 19.1. The maximum absolute atomic E-state index is 6.42. The first-order valence-corrected chi connectivity index (χ1v) is 12.6. The lowest BCUT2D eigenvalue weighted by atomic mass is 9.96. The molecule has 0 spiro atoms. The number of benzene rings is 1. The van der Waals surface area contributed by atoms with Crippen molar-refractivity contribution in [3.63, 3.8) is 0 Å². The average molecular weight is 379 g/mol. The Bertz CT molecular complexity index is 549. The van der Waals surface area contributed by atoms with Crippen LogP contribution in [0.15, 0.2) is 42.5 Å². The minimum Gasteiger partial charge on any atom is -0.517 e. The highest BCUT2D eigenvalue weighted by molar-refractivity contribution is 6.74. The van der Waals surface area contributed by atoms with Crippen LogP contribution in [-0.2, 0) is 20.5 Å². The maximum atomic E-state index is 6.42. The van der Waals surface area contributed by atoms with E-state index >= 15 is 0 Å². The minimum absolute atomic E-state index is 0.0892. The molecule has 0 saturated heterocycles. The van der Waals surface area contributed by atoms with Gasteiger partial charge in [0, 0.05) is 0 Å². The quantitative estimate of drug-likeness (QED) is 0.352. The van der Waals surface area contributed by atoms with E-state index < -0.39 is 8.32 Å². The summed E-state index contributed by atoms with van der Waals surface area (Å²) in [6, 6.07) is 10.1. The Morgan fingerprint density at radius 3 is 2.00 bits per heavy atom. The molecule has 0 radical (unpaired) electrons. The zero-order valence-electron chi connectivity index (χ0n) is 18.1. The molecular weight excluding hydrogens is 340 g/mol. The van der Waals surface area contributed by atoms with Gasteiger partial charge >= 0.3 is 5.95 Å². The molecule has 0 amide bonds. The zero-order chi connectivity index (χ0) is 20.0. The predicted molar refractivity (Wildman–Crippen MR) is 112 cm³/mol. The fourth-order valence-electron chi connectivity index (χ4n) is 2.44. The van der Waals surface area contributed by atoms with Crippen molar-refractivity contribution in [2.24, 2.45) is 11.8 Å². The van der Waals surface area contributed by atoms with Gasteiger partial charge in [-0.15, -0.1) is 0 Å². The predicted octanol–water partition coefficient (Wildman–Crippen LogP) is 6.72. The molecule has 0 aromatic heterocycles. The van der Waals surface area contributed by atoms with E-state index in [4.69, 9.17) is 13.9 Å². The second kappa shape index (κ2) is 9.49. The third kappa shape index (κ3) is 7.06. The summed E-state index contributed by atoms with van der Waals surface area (Å²) in [6.07, 6.45) is 1.75. The van der Waals surface area contributed by atoms with E-state index in [2.05, 4.69) is 61.6 Å². The van der Waals surface area contributed by atoms with Gasteiger partial charge in [0.15, 0.2) is 6.26 Å². The van der Waals surface area contributed by atoms with E-state index in [9.17, 15) is 0 Å². The Morgan fingerprint density at radius 2 is 1.54 bits per heavy atom. The molecule has 148 valence electrons. The van der Waals surface area contributed by atoms with Crippen molar-refractivity contribution < 1.29 is 13.9 Å². The molecule has 0 aliphatic rings. The summed E-state index contributed by atoms with van der Waals surface area (Å²) in [5.74, 6) is 1.31. The van der Waals surface area contributed by atoms with Crippen LogP contribution in [0.3, 0.4) is 0 Å². The fourth-order valence-corrected chi connectivity index (χ4v) is 3.34. The van der Waals surface area contributed by atoms with Gasteiger partial charge < -0.3 is 13.9 Å². The van der Waals surface area contributed by atoms with Crippen LogP contribution in [0.5, 0.6) is 0 Å². The highest BCUT2D eigenvalue weighted by Crippen LogP contribution is 2.38. The first-order chi connectivity index (χ1) is 11.9. The van der Waals surface area contributed by atoms with Crippen molar-refractivity contribution in [1.29, 1.82) is 0 Å². The SMILES string of the molecule is CC(C)C(O/C(=C/OCc1ccccc1)O[Si](C)(C)C(C)(C)C)C(C)C. The highest BCUT2D eigenvalue weighted by Gasteiger charge is 2.40. The Balaban J connectivity index is 2.94. The summed E-state index contributed by atoms with van der Waals surface area (Å²) in [4.78, 5) is 0.